The van der Waals surface area contributed by atoms with Crippen LogP contribution in [-0.4, -0.2) is 29.0 Å². The number of phenolic OH excluding ortho intramolecular Hbond substituents is 2. The summed E-state index contributed by atoms with van der Waals surface area (Å²) in [7, 11) is 0. The molecule has 1 rings (SSSR count). The molecule has 0 amide bonds. The third-order valence-electron chi connectivity index (χ3n) is 1.98. The van der Waals surface area contributed by atoms with Gasteiger partial charge in [-0.05, 0) is 25.3 Å². The average molecular weight is 242 g/mol. The third-order valence-corrected chi connectivity index (χ3v) is 2.58. The average Bonchev–Trinajstić information content (AvgIpc) is 2.25. The zero-order chi connectivity index (χ0) is 12.1. The Morgan fingerprint density at radius 2 is 2.12 bits per heavy atom. The summed E-state index contributed by atoms with van der Waals surface area (Å²) >= 11 is 1.49. The number of benzene rings is 1. The smallest absolute Gasteiger partial charge is 0.338 e. The van der Waals surface area contributed by atoms with Crippen molar-refractivity contribution < 1.29 is 19.7 Å². The summed E-state index contributed by atoms with van der Waals surface area (Å²) in [4.78, 5) is 11.4. The summed E-state index contributed by atoms with van der Waals surface area (Å²) in [6, 6.07) is 2.74. The molecule has 88 valence electrons. The second-order valence-electron chi connectivity index (χ2n) is 3.16. The highest BCUT2D eigenvalue weighted by atomic mass is 32.2. The van der Waals surface area contributed by atoms with Gasteiger partial charge in [-0.25, -0.2) is 4.79 Å². The van der Waals surface area contributed by atoms with Crippen LogP contribution < -0.4 is 0 Å². The van der Waals surface area contributed by atoms with Crippen LogP contribution in [0, 0.1) is 0 Å². The lowest BCUT2D eigenvalue weighted by Gasteiger charge is -2.08. The van der Waals surface area contributed by atoms with Crippen molar-refractivity contribution in [3.05, 3.63) is 23.3 Å². The summed E-state index contributed by atoms with van der Waals surface area (Å²) in [5, 5.41) is 19.0. The molecule has 0 saturated carbocycles. The number of hydrogen-bond donors (Lipinski definition) is 2. The molecule has 0 aromatic heterocycles. The minimum atomic E-state index is -0.500. The number of carbonyl (C=O) groups is 1. The highest BCUT2D eigenvalue weighted by Crippen LogP contribution is 2.32. The van der Waals surface area contributed by atoms with Crippen LogP contribution >= 0.6 is 11.8 Å². The molecule has 1 aromatic carbocycles. The molecule has 0 bridgehead atoms. The predicted octanol–water partition coefficient (Wildman–Crippen LogP) is 2.14. The fraction of sp³-hybridized carbons (Fsp3) is 0.364. The van der Waals surface area contributed by atoms with Crippen molar-refractivity contribution in [1.29, 1.82) is 0 Å². The van der Waals surface area contributed by atoms with E-state index in [-0.39, 0.29) is 23.7 Å². The van der Waals surface area contributed by atoms with Crippen molar-refractivity contribution in [2.45, 2.75) is 12.7 Å². The minimum absolute atomic E-state index is 0.178. The molecule has 16 heavy (non-hydrogen) atoms. The van der Waals surface area contributed by atoms with E-state index in [2.05, 4.69) is 0 Å². The van der Waals surface area contributed by atoms with Crippen LogP contribution in [0.25, 0.3) is 0 Å². The Labute approximate surface area is 98.2 Å². The van der Waals surface area contributed by atoms with E-state index in [0.717, 1.165) is 0 Å². The van der Waals surface area contributed by atoms with Crippen LogP contribution in [0.5, 0.6) is 11.5 Å². The van der Waals surface area contributed by atoms with Gasteiger partial charge in [0, 0.05) is 11.3 Å². The zero-order valence-electron chi connectivity index (χ0n) is 9.19. The van der Waals surface area contributed by atoms with Gasteiger partial charge in [-0.2, -0.15) is 11.8 Å². The maximum absolute atomic E-state index is 11.4. The van der Waals surface area contributed by atoms with Gasteiger partial charge in [-0.15, -0.1) is 0 Å². The largest absolute Gasteiger partial charge is 0.504 e. The molecule has 0 atom stereocenters. The lowest BCUT2D eigenvalue weighted by atomic mass is 10.1. The van der Waals surface area contributed by atoms with Gasteiger partial charge in [0.2, 0.25) is 0 Å². The SMILES string of the molecule is CCOC(=O)c1cc(O)c(O)c(CSC)c1. The van der Waals surface area contributed by atoms with Crippen molar-refractivity contribution in [1.82, 2.24) is 0 Å². The molecule has 2 N–H and O–H groups in total. The van der Waals surface area contributed by atoms with E-state index in [1.54, 1.807) is 6.92 Å². The van der Waals surface area contributed by atoms with E-state index in [4.69, 9.17) is 4.74 Å². The van der Waals surface area contributed by atoms with Crippen LogP contribution in [0.1, 0.15) is 22.8 Å². The van der Waals surface area contributed by atoms with E-state index >= 15 is 0 Å². The highest BCUT2D eigenvalue weighted by molar-refractivity contribution is 7.97. The Morgan fingerprint density at radius 1 is 1.44 bits per heavy atom. The van der Waals surface area contributed by atoms with E-state index < -0.39 is 5.97 Å². The van der Waals surface area contributed by atoms with Gasteiger partial charge in [0.1, 0.15) is 0 Å². The normalized spacial score (nSPS) is 10.1. The summed E-state index contributed by atoms with van der Waals surface area (Å²) in [6.45, 7) is 1.99. The summed E-state index contributed by atoms with van der Waals surface area (Å²) in [5.74, 6) is -0.454. The number of thioether (sulfide) groups is 1. The molecule has 5 heteroatoms. The molecule has 0 aliphatic heterocycles. The van der Waals surface area contributed by atoms with E-state index in [1.165, 1.54) is 23.9 Å². The van der Waals surface area contributed by atoms with Gasteiger partial charge < -0.3 is 14.9 Å². The summed E-state index contributed by atoms with van der Waals surface area (Å²) < 4.78 is 4.82. The fourth-order valence-corrected chi connectivity index (χ4v) is 1.81. The van der Waals surface area contributed by atoms with Crippen LogP contribution in [0.15, 0.2) is 12.1 Å². The Morgan fingerprint density at radius 3 is 2.69 bits per heavy atom. The standard InChI is InChI=1S/C11H14O4S/c1-3-15-11(14)7-4-8(6-16-2)10(13)9(12)5-7/h4-5,12-13H,3,6H2,1-2H3. The van der Waals surface area contributed by atoms with Gasteiger partial charge in [0.05, 0.1) is 12.2 Å². The highest BCUT2D eigenvalue weighted by Gasteiger charge is 2.14. The number of aromatic hydroxyl groups is 2. The molecule has 0 radical (unpaired) electrons. The quantitative estimate of drug-likeness (QED) is 0.625. The lowest BCUT2D eigenvalue weighted by Crippen LogP contribution is -2.05. The number of hydrogen-bond acceptors (Lipinski definition) is 5. The Kier molecular flexibility index (Phi) is 4.49. The molecular formula is C11H14O4S. The summed E-state index contributed by atoms with van der Waals surface area (Å²) in [6.07, 6.45) is 1.87. The second-order valence-corrected chi connectivity index (χ2v) is 4.02. The fourth-order valence-electron chi connectivity index (χ4n) is 1.28. The zero-order valence-corrected chi connectivity index (χ0v) is 10.0. The number of ether oxygens (including phenoxy) is 1. The summed E-state index contributed by atoms with van der Waals surface area (Å²) in [5.41, 5.74) is 0.775. The molecule has 0 aliphatic rings. The molecule has 0 fully saturated rings. The van der Waals surface area contributed by atoms with Crippen molar-refractivity contribution in [2.75, 3.05) is 12.9 Å². The second kappa shape index (κ2) is 5.65. The third kappa shape index (κ3) is 2.82. The Balaban J connectivity index is 3.08. The van der Waals surface area contributed by atoms with E-state index in [1.807, 2.05) is 6.26 Å². The maximum atomic E-state index is 11.4. The van der Waals surface area contributed by atoms with Crippen molar-refractivity contribution in [3.63, 3.8) is 0 Å². The van der Waals surface area contributed by atoms with E-state index in [0.29, 0.717) is 11.3 Å². The molecule has 0 aliphatic carbocycles. The van der Waals surface area contributed by atoms with Gasteiger partial charge >= 0.3 is 5.97 Å². The van der Waals surface area contributed by atoms with Crippen molar-refractivity contribution in [2.24, 2.45) is 0 Å². The number of carbonyl (C=O) groups excluding carboxylic acids is 1. The van der Waals surface area contributed by atoms with E-state index in [9.17, 15) is 15.0 Å². The Bertz CT molecular complexity index is 390. The van der Waals surface area contributed by atoms with Gasteiger partial charge in [0.15, 0.2) is 11.5 Å². The van der Waals surface area contributed by atoms with Crippen LogP contribution in [0.2, 0.25) is 0 Å². The molecule has 1 aromatic rings. The number of phenols is 2. The van der Waals surface area contributed by atoms with Gasteiger partial charge in [0.25, 0.3) is 0 Å². The first-order chi connectivity index (χ1) is 7.60. The molecule has 0 spiro atoms. The van der Waals surface area contributed by atoms with Crippen molar-refractivity contribution in [3.8, 4) is 11.5 Å². The monoisotopic (exact) mass is 242 g/mol. The lowest BCUT2D eigenvalue weighted by molar-refractivity contribution is 0.0525. The van der Waals surface area contributed by atoms with Gasteiger partial charge in [-0.3, -0.25) is 0 Å². The van der Waals surface area contributed by atoms with Crippen LogP contribution in [0.3, 0.4) is 0 Å². The first kappa shape index (κ1) is 12.7. The number of esters is 1. The van der Waals surface area contributed by atoms with Crippen LogP contribution in [0.4, 0.5) is 0 Å². The first-order valence-electron chi connectivity index (χ1n) is 4.81. The topological polar surface area (TPSA) is 66.8 Å². The van der Waals surface area contributed by atoms with Crippen LogP contribution in [-0.2, 0) is 10.5 Å². The molecule has 0 unspecified atom stereocenters. The Hall–Kier alpha value is -1.36. The first-order valence-corrected chi connectivity index (χ1v) is 6.20. The predicted molar refractivity (Wildman–Crippen MR) is 62.9 cm³/mol. The minimum Gasteiger partial charge on any atom is -0.504 e. The van der Waals surface area contributed by atoms with Gasteiger partial charge in [-0.1, -0.05) is 0 Å². The number of rotatable bonds is 4. The molecule has 4 nitrogen and oxygen atoms in total. The molecule has 0 saturated heterocycles. The maximum Gasteiger partial charge on any atom is 0.338 e. The van der Waals surface area contributed by atoms with Crippen molar-refractivity contribution >= 4 is 17.7 Å². The molecule has 0 heterocycles. The molecular weight excluding hydrogens is 228 g/mol.